The van der Waals surface area contributed by atoms with Crippen molar-refractivity contribution in [3.05, 3.63) is 58.9 Å². The first kappa shape index (κ1) is 20.0. The first-order valence-electron chi connectivity index (χ1n) is 8.29. The van der Waals surface area contributed by atoms with Crippen LogP contribution in [0, 0.1) is 0 Å². The molecule has 0 radical (unpaired) electrons. The number of hydrogen-bond acceptors (Lipinski definition) is 7. The molecule has 28 heavy (non-hydrogen) atoms. The molecule has 0 saturated carbocycles. The lowest BCUT2D eigenvalue weighted by Crippen LogP contribution is -2.05. The van der Waals surface area contributed by atoms with Crippen LogP contribution in [0.3, 0.4) is 0 Å². The maximum atomic E-state index is 6.42. The molecule has 1 heterocycles. The van der Waals surface area contributed by atoms with Crippen molar-refractivity contribution in [2.24, 2.45) is 5.10 Å². The van der Waals surface area contributed by atoms with E-state index in [0.717, 1.165) is 5.75 Å². The van der Waals surface area contributed by atoms with Crippen LogP contribution in [0.25, 0.3) is 0 Å². The number of halogens is 1. The minimum Gasteiger partial charge on any atom is -0.493 e. The zero-order chi connectivity index (χ0) is 19.9. The van der Waals surface area contributed by atoms with E-state index in [4.69, 9.17) is 25.8 Å². The Morgan fingerprint density at radius 2 is 1.89 bits per heavy atom. The van der Waals surface area contributed by atoms with Gasteiger partial charge in [-0.3, -0.25) is 0 Å². The fourth-order valence-corrected chi connectivity index (χ4v) is 3.15. The average Bonchev–Trinajstić information content (AvgIpc) is 3.13. The number of aromatic nitrogens is 3. The molecular weight excluding hydrogens is 400 g/mol. The third-order valence-corrected chi connectivity index (χ3v) is 4.81. The van der Waals surface area contributed by atoms with Crippen molar-refractivity contribution in [3.8, 4) is 17.2 Å². The Hall–Kier alpha value is -2.71. The molecule has 7 nitrogen and oxygen atoms in total. The molecule has 2 aromatic carbocycles. The third kappa shape index (κ3) is 4.40. The van der Waals surface area contributed by atoms with Crippen molar-refractivity contribution >= 4 is 29.6 Å². The second-order valence-corrected chi connectivity index (χ2v) is 6.62. The van der Waals surface area contributed by atoms with Crippen LogP contribution in [-0.2, 0) is 6.61 Å². The van der Waals surface area contributed by atoms with Gasteiger partial charge >= 0.3 is 0 Å². The molecule has 0 spiro atoms. The number of ether oxygens (including phenoxy) is 3. The average molecular weight is 419 g/mol. The van der Waals surface area contributed by atoms with E-state index in [1.54, 1.807) is 30.1 Å². The van der Waals surface area contributed by atoms with Crippen LogP contribution in [0.15, 0.2) is 52.7 Å². The fourth-order valence-electron chi connectivity index (χ4n) is 2.42. The van der Waals surface area contributed by atoms with Crippen LogP contribution < -0.4 is 14.2 Å². The topological polar surface area (TPSA) is 70.8 Å². The maximum Gasteiger partial charge on any atom is 0.211 e. The largest absolute Gasteiger partial charge is 0.493 e. The smallest absolute Gasteiger partial charge is 0.211 e. The van der Waals surface area contributed by atoms with Crippen molar-refractivity contribution in [2.75, 3.05) is 20.5 Å². The monoisotopic (exact) mass is 418 g/mol. The van der Waals surface area contributed by atoms with Crippen LogP contribution in [0.4, 0.5) is 0 Å². The Bertz CT molecular complexity index is 963. The molecule has 0 aliphatic heterocycles. The molecule has 3 aromatic rings. The summed E-state index contributed by atoms with van der Waals surface area (Å²) in [6, 6.07) is 13.1. The summed E-state index contributed by atoms with van der Waals surface area (Å²) in [6.45, 7) is 0.231. The highest BCUT2D eigenvalue weighted by atomic mass is 35.5. The first-order valence-corrected chi connectivity index (χ1v) is 9.89. The Morgan fingerprint density at radius 1 is 1.11 bits per heavy atom. The Balaban J connectivity index is 1.86. The third-order valence-electron chi connectivity index (χ3n) is 3.80. The molecule has 0 fully saturated rings. The summed E-state index contributed by atoms with van der Waals surface area (Å²) >= 11 is 7.85. The minimum absolute atomic E-state index is 0.231. The van der Waals surface area contributed by atoms with Gasteiger partial charge in [-0.05, 0) is 30.5 Å². The van der Waals surface area contributed by atoms with Crippen molar-refractivity contribution in [2.45, 2.75) is 11.8 Å². The van der Waals surface area contributed by atoms with Gasteiger partial charge in [0.25, 0.3) is 0 Å². The lowest BCUT2D eigenvalue weighted by molar-refractivity contribution is 0.290. The van der Waals surface area contributed by atoms with Crippen LogP contribution in [0.2, 0.25) is 5.02 Å². The molecular formula is C19H19ClN4O3S. The molecule has 146 valence electrons. The Morgan fingerprint density at radius 3 is 2.57 bits per heavy atom. The van der Waals surface area contributed by atoms with E-state index in [2.05, 4.69) is 15.3 Å². The number of rotatable bonds is 8. The molecule has 0 bridgehead atoms. The van der Waals surface area contributed by atoms with Crippen LogP contribution >= 0.6 is 23.4 Å². The maximum absolute atomic E-state index is 6.42. The molecule has 0 saturated heterocycles. The van der Waals surface area contributed by atoms with Gasteiger partial charge < -0.3 is 14.2 Å². The summed E-state index contributed by atoms with van der Waals surface area (Å²) in [5, 5.41) is 13.9. The van der Waals surface area contributed by atoms with Gasteiger partial charge in [0.1, 0.15) is 12.4 Å². The van der Waals surface area contributed by atoms with Gasteiger partial charge in [0.05, 0.1) is 25.5 Å². The minimum atomic E-state index is 0.231. The van der Waals surface area contributed by atoms with E-state index in [0.29, 0.717) is 33.1 Å². The fraction of sp³-hybridized carbons (Fsp3) is 0.211. The molecule has 0 N–H and O–H groups in total. The van der Waals surface area contributed by atoms with Crippen LogP contribution in [-0.4, -0.2) is 41.6 Å². The summed E-state index contributed by atoms with van der Waals surface area (Å²) in [4.78, 5) is 0. The molecule has 0 aliphatic rings. The highest BCUT2D eigenvalue weighted by Gasteiger charge is 2.14. The Kier molecular flexibility index (Phi) is 6.78. The quantitative estimate of drug-likeness (QED) is 0.404. The van der Waals surface area contributed by atoms with E-state index in [-0.39, 0.29) is 6.61 Å². The Labute approximate surface area is 172 Å². The van der Waals surface area contributed by atoms with E-state index >= 15 is 0 Å². The van der Waals surface area contributed by atoms with E-state index in [1.165, 1.54) is 18.9 Å². The van der Waals surface area contributed by atoms with E-state index in [9.17, 15) is 0 Å². The van der Waals surface area contributed by atoms with Crippen molar-refractivity contribution in [3.63, 3.8) is 0 Å². The molecule has 0 aliphatic carbocycles. The predicted molar refractivity (Wildman–Crippen MR) is 110 cm³/mol. The van der Waals surface area contributed by atoms with Crippen molar-refractivity contribution < 1.29 is 14.2 Å². The molecule has 0 unspecified atom stereocenters. The summed E-state index contributed by atoms with van der Waals surface area (Å²) in [5.74, 6) is 2.32. The zero-order valence-corrected chi connectivity index (χ0v) is 17.2. The second kappa shape index (κ2) is 9.48. The summed E-state index contributed by atoms with van der Waals surface area (Å²) in [5.41, 5.74) is 0.676. The second-order valence-electron chi connectivity index (χ2n) is 5.47. The zero-order valence-electron chi connectivity index (χ0n) is 15.6. The first-order chi connectivity index (χ1) is 13.7. The molecule has 9 heteroatoms. The number of methoxy groups -OCH3 is 2. The molecule has 3 rings (SSSR count). The van der Waals surface area contributed by atoms with Gasteiger partial charge in [0, 0.05) is 5.56 Å². The van der Waals surface area contributed by atoms with Gasteiger partial charge in [0.15, 0.2) is 17.3 Å². The van der Waals surface area contributed by atoms with E-state index < -0.39 is 0 Å². The van der Waals surface area contributed by atoms with Crippen LogP contribution in [0.5, 0.6) is 17.2 Å². The lowest BCUT2D eigenvalue weighted by Gasteiger charge is -2.10. The number of benzene rings is 2. The van der Waals surface area contributed by atoms with Gasteiger partial charge in [0.2, 0.25) is 5.16 Å². The molecule has 0 amide bonds. The van der Waals surface area contributed by atoms with Gasteiger partial charge in [-0.1, -0.05) is 41.6 Å². The highest BCUT2D eigenvalue weighted by molar-refractivity contribution is 7.98. The van der Waals surface area contributed by atoms with Gasteiger partial charge in [-0.25, -0.2) is 0 Å². The standard InChI is InChI=1S/C19H19ClN4O3S/c1-25-15-10-9-13(17(20)18(15)26-2)11-21-24-16(22-23-19(24)28-3)12-27-14-7-5-4-6-8-14/h4-11H,12H2,1-3H3/b21-11-. The molecule has 1 aromatic heterocycles. The van der Waals surface area contributed by atoms with Crippen LogP contribution in [0.1, 0.15) is 11.4 Å². The van der Waals surface area contributed by atoms with E-state index in [1.807, 2.05) is 36.6 Å². The number of para-hydroxylation sites is 1. The SMILES string of the molecule is COc1ccc(/C=N\n2c(COc3ccccc3)nnc2SC)c(Cl)c1OC. The number of nitrogens with zero attached hydrogens (tertiary/aromatic N) is 4. The highest BCUT2D eigenvalue weighted by Crippen LogP contribution is 2.36. The summed E-state index contributed by atoms with van der Waals surface area (Å²) < 4.78 is 18.0. The van der Waals surface area contributed by atoms with Crippen molar-refractivity contribution in [1.82, 2.24) is 14.9 Å². The van der Waals surface area contributed by atoms with Gasteiger partial charge in [-0.15, -0.1) is 10.2 Å². The lowest BCUT2D eigenvalue weighted by atomic mass is 10.2. The molecule has 0 atom stereocenters. The number of hydrogen-bond donors (Lipinski definition) is 0. The number of thioether (sulfide) groups is 1. The van der Waals surface area contributed by atoms with Gasteiger partial charge in [-0.2, -0.15) is 9.78 Å². The summed E-state index contributed by atoms with van der Waals surface area (Å²) in [7, 11) is 3.10. The predicted octanol–water partition coefficient (Wildman–Crippen LogP) is 4.13. The summed E-state index contributed by atoms with van der Waals surface area (Å²) in [6.07, 6.45) is 3.53. The van der Waals surface area contributed by atoms with Crippen molar-refractivity contribution in [1.29, 1.82) is 0 Å². The normalized spacial score (nSPS) is 11.0.